The number of piperidine rings is 1. The van der Waals surface area contributed by atoms with Gasteiger partial charge in [0, 0.05) is 19.3 Å². The summed E-state index contributed by atoms with van der Waals surface area (Å²) < 4.78 is 13.4. The molecule has 0 unspecified atom stereocenters. The van der Waals surface area contributed by atoms with Crippen LogP contribution < -0.4 is 10.2 Å². The van der Waals surface area contributed by atoms with E-state index in [1.807, 2.05) is 4.90 Å². The second kappa shape index (κ2) is 6.86. The van der Waals surface area contributed by atoms with Gasteiger partial charge in [0.1, 0.15) is 11.4 Å². The van der Waals surface area contributed by atoms with Crippen LogP contribution in [-0.4, -0.2) is 34.9 Å². The van der Waals surface area contributed by atoms with Crippen molar-refractivity contribution in [2.24, 2.45) is 0 Å². The summed E-state index contributed by atoms with van der Waals surface area (Å²) in [6.45, 7) is 1.60. The topological polar surface area (TPSA) is 52.7 Å². The van der Waals surface area contributed by atoms with E-state index in [9.17, 15) is 14.0 Å². The predicted molar refractivity (Wildman–Crippen MR) is 93.1 cm³/mol. The number of nitrogens with one attached hydrogen (secondary N) is 1. The van der Waals surface area contributed by atoms with E-state index in [0.29, 0.717) is 5.69 Å². The number of amides is 2. The zero-order valence-corrected chi connectivity index (χ0v) is 14.3. The van der Waals surface area contributed by atoms with Gasteiger partial charge < -0.3 is 4.90 Å². The van der Waals surface area contributed by atoms with Crippen LogP contribution in [0.5, 0.6) is 0 Å². The molecule has 1 aromatic carbocycles. The van der Waals surface area contributed by atoms with Crippen molar-refractivity contribution in [3.05, 3.63) is 40.8 Å². The van der Waals surface area contributed by atoms with Gasteiger partial charge >= 0.3 is 0 Å². The fourth-order valence-electron chi connectivity index (χ4n) is 2.73. The van der Waals surface area contributed by atoms with Gasteiger partial charge in [-0.3, -0.25) is 19.8 Å². The van der Waals surface area contributed by atoms with Gasteiger partial charge in [-0.1, -0.05) is 11.6 Å². The fraction of sp³-hybridized carbons (Fsp3) is 0.312. The van der Waals surface area contributed by atoms with E-state index in [1.54, 1.807) is 6.20 Å². The molecule has 2 fully saturated rings. The molecule has 0 radical (unpaired) electrons. The van der Waals surface area contributed by atoms with Crippen LogP contribution in [0.3, 0.4) is 0 Å². The van der Waals surface area contributed by atoms with Crippen LogP contribution in [0.4, 0.5) is 10.1 Å². The van der Waals surface area contributed by atoms with Crippen LogP contribution in [-0.2, 0) is 9.59 Å². The third-order valence-electron chi connectivity index (χ3n) is 3.97. The molecule has 8 heteroatoms. The lowest BCUT2D eigenvalue weighted by Gasteiger charge is -2.31. The fourth-order valence-corrected chi connectivity index (χ4v) is 3.19. The van der Waals surface area contributed by atoms with Crippen molar-refractivity contribution < 1.29 is 14.0 Å². The number of thiocarbonyl (C=S) groups is 1. The number of nitrogens with zero attached hydrogens (tertiary/aromatic N) is 2. The number of hydrogen-bond acceptors (Lipinski definition) is 4. The monoisotopic (exact) mass is 367 g/mol. The molecule has 2 amide bonds. The molecule has 0 saturated carbocycles. The maximum absolute atomic E-state index is 13.4. The summed E-state index contributed by atoms with van der Waals surface area (Å²) in [5, 5.41) is 2.32. The van der Waals surface area contributed by atoms with Crippen molar-refractivity contribution in [1.82, 2.24) is 10.2 Å². The molecule has 2 saturated heterocycles. The van der Waals surface area contributed by atoms with Gasteiger partial charge in [0.25, 0.3) is 11.8 Å². The molecular formula is C16H15ClFN3O2S. The molecule has 24 heavy (non-hydrogen) atoms. The number of rotatable bonds is 2. The Labute approximate surface area is 149 Å². The number of hydrogen-bond donors (Lipinski definition) is 1. The third-order valence-corrected chi connectivity index (χ3v) is 4.54. The lowest BCUT2D eigenvalue weighted by atomic mass is 10.1. The maximum atomic E-state index is 13.4. The standard InChI is InChI=1S/C16H15ClFN3O2S/c17-12-8-10(4-5-13(12)18)21-15(23)11(14(22)19-16(21)24)9-20-6-2-1-3-7-20/h4-5,8-9H,1-3,6-7H2,(H,19,22,24). The second-order valence-electron chi connectivity index (χ2n) is 5.64. The summed E-state index contributed by atoms with van der Waals surface area (Å²) in [5.74, 6) is -1.67. The minimum Gasteiger partial charge on any atom is -0.377 e. The molecule has 1 aromatic rings. The molecule has 5 nitrogen and oxygen atoms in total. The van der Waals surface area contributed by atoms with Gasteiger partial charge in [0.15, 0.2) is 5.11 Å². The summed E-state index contributed by atoms with van der Waals surface area (Å²) in [6, 6.07) is 3.84. The van der Waals surface area contributed by atoms with E-state index in [1.165, 1.54) is 12.1 Å². The number of carbonyl (C=O) groups excluding carboxylic acids is 2. The molecule has 0 bridgehead atoms. The first kappa shape index (κ1) is 16.9. The van der Waals surface area contributed by atoms with E-state index >= 15 is 0 Å². The average Bonchev–Trinajstić information content (AvgIpc) is 2.55. The smallest absolute Gasteiger partial charge is 0.271 e. The quantitative estimate of drug-likeness (QED) is 0.496. The van der Waals surface area contributed by atoms with Gasteiger partial charge in [-0.05, 0) is 49.7 Å². The lowest BCUT2D eigenvalue weighted by molar-refractivity contribution is -0.122. The number of benzene rings is 1. The second-order valence-corrected chi connectivity index (χ2v) is 6.43. The normalized spacial score (nSPS) is 20.6. The molecule has 3 rings (SSSR count). The summed E-state index contributed by atoms with van der Waals surface area (Å²) in [5.41, 5.74) is 0.312. The highest BCUT2D eigenvalue weighted by Crippen LogP contribution is 2.26. The van der Waals surface area contributed by atoms with Crippen LogP contribution >= 0.6 is 23.8 Å². The molecule has 2 aliphatic heterocycles. The summed E-state index contributed by atoms with van der Waals surface area (Å²) in [7, 11) is 0. The van der Waals surface area contributed by atoms with E-state index in [0.717, 1.165) is 43.3 Å². The van der Waals surface area contributed by atoms with E-state index in [-0.39, 0.29) is 15.7 Å². The SMILES string of the molecule is O=C1NC(=S)N(c2ccc(F)c(Cl)c2)C(=O)C1=CN1CCCCC1. The van der Waals surface area contributed by atoms with E-state index in [2.05, 4.69) is 5.32 Å². The van der Waals surface area contributed by atoms with Gasteiger partial charge in [-0.25, -0.2) is 4.39 Å². The molecule has 0 atom stereocenters. The molecule has 126 valence electrons. The Bertz CT molecular complexity index is 747. The van der Waals surface area contributed by atoms with Gasteiger partial charge in [0.2, 0.25) is 0 Å². The number of likely N-dealkylation sites (tertiary alicyclic amines) is 1. The van der Waals surface area contributed by atoms with E-state index < -0.39 is 17.6 Å². The Morgan fingerprint density at radius 2 is 1.92 bits per heavy atom. The van der Waals surface area contributed by atoms with Crippen LogP contribution in [0.25, 0.3) is 0 Å². The molecule has 0 aliphatic carbocycles. The minimum absolute atomic E-state index is 0.00551. The highest BCUT2D eigenvalue weighted by Gasteiger charge is 2.35. The highest BCUT2D eigenvalue weighted by atomic mass is 35.5. The summed E-state index contributed by atoms with van der Waals surface area (Å²) in [4.78, 5) is 28.0. The van der Waals surface area contributed by atoms with Gasteiger partial charge in [0.05, 0.1) is 10.7 Å². The van der Waals surface area contributed by atoms with Crippen molar-refractivity contribution >= 4 is 46.4 Å². The Hall–Kier alpha value is -1.99. The van der Waals surface area contributed by atoms with Crippen LogP contribution in [0, 0.1) is 5.82 Å². The minimum atomic E-state index is -0.594. The third kappa shape index (κ3) is 3.27. The van der Waals surface area contributed by atoms with Crippen LogP contribution in [0.1, 0.15) is 19.3 Å². The number of carbonyl (C=O) groups is 2. The first-order chi connectivity index (χ1) is 11.5. The van der Waals surface area contributed by atoms with Crippen molar-refractivity contribution in [1.29, 1.82) is 0 Å². The first-order valence-electron chi connectivity index (χ1n) is 7.58. The van der Waals surface area contributed by atoms with Crippen molar-refractivity contribution in [2.45, 2.75) is 19.3 Å². The largest absolute Gasteiger partial charge is 0.377 e. The Morgan fingerprint density at radius 1 is 1.21 bits per heavy atom. The molecule has 2 aliphatic rings. The number of halogens is 2. The predicted octanol–water partition coefficient (Wildman–Crippen LogP) is 2.60. The summed E-state index contributed by atoms with van der Waals surface area (Å²) in [6.07, 6.45) is 4.77. The van der Waals surface area contributed by atoms with E-state index in [4.69, 9.17) is 23.8 Å². The Morgan fingerprint density at radius 3 is 2.58 bits per heavy atom. The van der Waals surface area contributed by atoms with Crippen LogP contribution in [0.2, 0.25) is 5.02 Å². The average molecular weight is 368 g/mol. The molecular weight excluding hydrogens is 353 g/mol. The van der Waals surface area contributed by atoms with Crippen LogP contribution in [0.15, 0.2) is 30.0 Å². The Balaban J connectivity index is 1.93. The molecule has 2 heterocycles. The number of anilines is 1. The van der Waals surface area contributed by atoms with Crippen molar-refractivity contribution in [2.75, 3.05) is 18.0 Å². The van der Waals surface area contributed by atoms with Crippen molar-refractivity contribution in [3.8, 4) is 0 Å². The first-order valence-corrected chi connectivity index (χ1v) is 8.36. The zero-order chi connectivity index (χ0) is 17.3. The lowest BCUT2D eigenvalue weighted by Crippen LogP contribution is -2.54. The molecule has 0 aromatic heterocycles. The zero-order valence-electron chi connectivity index (χ0n) is 12.7. The maximum Gasteiger partial charge on any atom is 0.271 e. The molecule has 0 spiro atoms. The Kier molecular flexibility index (Phi) is 4.82. The highest BCUT2D eigenvalue weighted by molar-refractivity contribution is 7.80. The van der Waals surface area contributed by atoms with Gasteiger partial charge in [-0.15, -0.1) is 0 Å². The van der Waals surface area contributed by atoms with Gasteiger partial charge in [-0.2, -0.15) is 0 Å². The molecule has 1 N–H and O–H groups in total. The summed E-state index contributed by atoms with van der Waals surface area (Å²) >= 11 is 10.9. The van der Waals surface area contributed by atoms with Crippen molar-refractivity contribution in [3.63, 3.8) is 0 Å².